The van der Waals surface area contributed by atoms with E-state index in [0.29, 0.717) is 18.3 Å². The summed E-state index contributed by atoms with van der Waals surface area (Å²) in [4.78, 5) is 4.35. The maximum Gasteiger partial charge on any atom is 0.143 e. The van der Waals surface area contributed by atoms with Crippen LogP contribution in [0.4, 0.5) is 10.1 Å². The fourth-order valence-corrected chi connectivity index (χ4v) is 2.97. The van der Waals surface area contributed by atoms with Crippen molar-refractivity contribution in [2.75, 3.05) is 31.1 Å². The molecule has 1 heterocycles. The average molecular weight is 291 g/mol. The fourth-order valence-electron chi connectivity index (χ4n) is 2.97. The summed E-state index contributed by atoms with van der Waals surface area (Å²) >= 11 is 0. The van der Waals surface area contributed by atoms with Crippen molar-refractivity contribution < 1.29 is 9.50 Å². The maximum absolute atomic E-state index is 13.7. The third-order valence-electron chi connectivity index (χ3n) is 4.02. The summed E-state index contributed by atoms with van der Waals surface area (Å²) in [5.41, 5.74) is 0.795. The molecule has 5 heteroatoms. The molecule has 0 aliphatic carbocycles. The Kier molecular flexibility index (Phi) is 5.16. The van der Waals surface area contributed by atoms with E-state index in [0.717, 1.165) is 26.1 Å². The Morgan fingerprint density at radius 2 is 2.24 bits per heavy atom. The Morgan fingerprint density at radius 3 is 2.86 bits per heavy atom. The van der Waals surface area contributed by atoms with Gasteiger partial charge in [-0.2, -0.15) is 5.26 Å². The van der Waals surface area contributed by atoms with Crippen LogP contribution in [0, 0.1) is 17.1 Å². The molecule has 0 amide bonds. The molecular weight excluding hydrogens is 269 g/mol. The first kappa shape index (κ1) is 15.7. The highest BCUT2D eigenvalue weighted by molar-refractivity contribution is 5.60. The van der Waals surface area contributed by atoms with Crippen molar-refractivity contribution in [3.63, 3.8) is 0 Å². The topological polar surface area (TPSA) is 50.5 Å². The summed E-state index contributed by atoms with van der Waals surface area (Å²) in [6.45, 7) is 6.85. The van der Waals surface area contributed by atoms with E-state index < -0.39 is 5.82 Å². The maximum atomic E-state index is 13.7. The number of aliphatic hydroxyl groups excluding tert-OH is 1. The number of rotatable bonds is 4. The Morgan fingerprint density at radius 1 is 1.48 bits per heavy atom. The molecule has 1 saturated heterocycles. The molecule has 0 unspecified atom stereocenters. The highest BCUT2D eigenvalue weighted by Crippen LogP contribution is 2.26. The minimum atomic E-state index is -0.463. The summed E-state index contributed by atoms with van der Waals surface area (Å²) in [7, 11) is 0. The number of β-amino-alcohol motifs (C(OH)–C–C–N with tert-alkyl or cyclic N) is 1. The van der Waals surface area contributed by atoms with Crippen LogP contribution in [-0.2, 0) is 0 Å². The van der Waals surface area contributed by atoms with Crippen LogP contribution in [0.3, 0.4) is 0 Å². The van der Waals surface area contributed by atoms with Gasteiger partial charge in [-0.05, 0) is 25.5 Å². The first-order valence-electron chi connectivity index (χ1n) is 7.42. The van der Waals surface area contributed by atoms with Crippen LogP contribution in [-0.4, -0.2) is 48.3 Å². The second-order valence-corrected chi connectivity index (χ2v) is 5.60. The van der Waals surface area contributed by atoms with Gasteiger partial charge in [0.05, 0.1) is 11.8 Å². The van der Waals surface area contributed by atoms with Crippen LogP contribution in [0.15, 0.2) is 18.2 Å². The Hall–Kier alpha value is -1.64. The van der Waals surface area contributed by atoms with Gasteiger partial charge in [-0.1, -0.05) is 13.0 Å². The second-order valence-electron chi connectivity index (χ2n) is 5.60. The van der Waals surface area contributed by atoms with Crippen LogP contribution in [0.25, 0.3) is 0 Å². The van der Waals surface area contributed by atoms with Crippen molar-refractivity contribution >= 4 is 5.69 Å². The zero-order valence-electron chi connectivity index (χ0n) is 12.6. The number of anilines is 1. The predicted octanol–water partition coefficient (Wildman–Crippen LogP) is 1.98. The molecule has 0 aromatic heterocycles. The summed E-state index contributed by atoms with van der Waals surface area (Å²) in [5.74, 6) is -0.463. The largest absolute Gasteiger partial charge is 0.392 e. The number of hydrogen-bond acceptors (Lipinski definition) is 4. The van der Waals surface area contributed by atoms with Crippen molar-refractivity contribution in [2.24, 2.45) is 0 Å². The molecule has 0 bridgehead atoms. The minimum absolute atomic E-state index is 0.122. The number of nitriles is 1. The van der Waals surface area contributed by atoms with Crippen LogP contribution < -0.4 is 4.90 Å². The lowest BCUT2D eigenvalue weighted by Gasteiger charge is -2.43. The highest BCUT2D eigenvalue weighted by Gasteiger charge is 2.28. The van der Waals surface area contributed by atoms with Crippen LogP contribution in [0.5, 0.6) is 0 Å². The molecule has 0 spiro atoms. The third-order valence-corrected chi connectivity index (χ3v) is 4.02. The molecule has 114 valence electrons. The van der Waals surface area contributed by atoms with Gasteiger partial charge in [0.15, 0.2) is 0 Å². The van der Waals surface area contributed by atoms with Crippen LogP contribution in [0.1, 0.15) is 25.8 Å². The van der Waals surface area contributed by atoms with Gasteiger partial charge in [-0.25, -0.2) is 4.39 Å². The van der Waals surface area contributed by atoms with E-state index >= 15 is 0 Å². The van der Waals surface area contributed by atoms with E-state index in [9.17, 15) is 9.50 Å². The molecule has 1 aliphatic heterocycles. The fraction of sp³-hybridized carbons (Fsp3) is 0.562. The Balaban J connectivity index is 2.18. The molecule has 1 aromatic carbocycles. The first-order chi connectivity index (χ1) is 10.1. The summed E-state index contributed by atoms with van der Waals surface area (Å²) in [5, 5.41) is 18.7. The molecule has 1 N–H and O–H groups in total. The second kappa shape index (κ2) is 6.88. The molecule has 4 nitrogen and oxygen atoms in total. The lowest BCUT2D eigenvalue weighted by atomic mass is 10.1. The molecule has 21 heavy (non-hydrogen) atoms. The molecule has 2 rings (SSSR count). The number of nitrogens with zero attached hydrogens (tertiary/aromatic N) is 3. The van der Waals surface area contributed by atoms with E-state index in [1.165, 1.54) is 6.07 Å². The predicted molar refractivity (Wildman–Crippen MR) is 80.7 cm³/mol. The zero-order chi connectivity index (χ0) is 15.4. The molecule has 1 aliphatic rings. The van der Waals surface area contributed by atoms with Crippen molar-refractivity contribution in [1.29, 1.82) is 5.26 Å². The van der Waals surface area contributed by atoms with E-state index in [-0.39, 0.29) is 11.7 Å². The summed E-state index contributed by atoms with van der Waals surface area (Å²) < 4.78 is 13.7. The van der Waals surface area contributed by atoms with E-state index in [1.807, 2.05) is 6.07 Å². The monoisotopic (exact) mass is 291 g/mol. The van der Waals surface area contributed by atoms with E-state index in [1.54, 1.807) is 19.1 Å². The number of hydrogen-bond donors (Lipinski definition) is 1. The molecule has 0 saturated carbocycles. The van der Waals surface area contributed by atoms with Crippen molar-refractivity contribution in [1.82, 2.24) is 4.90 Å². The van der Waals surface area contributed by atoms with Crippen molar-refractivity contribution in [3.8, 4) is 6.07 Å². The van der Waals surface area contributed by atoms with Gasteiger partial charge in [0, 0.05) is 32.2 Å². The van der Waals surface area contributed by atoms with Gasteiger partial charge >= 0.3 is 0 Å². The van der Waals surface area contributed by atoms with E-state index in [4.69, 9.17) is 5.26 Å². The van der Waals surface area contributed by atoms with Crippen molar-refractivity contribution in [2.45, 2.75) is 32.4 Å². The van der Waals surface area contributed by atoms with Gasteiger partial charge in [0.2, 0.25) is 0 Å². The number of benzene rings is 1. The number of halogens is 1. The van der Waals surface area contributed by atoms with Gasteiger partial charge in [0.25, 0.3) is 0 Å². The minimum Gasteiger partial charge on any atom is -0.392 e. The Labute approximate surface area is 125 Å². The highest BCUT2D eigenvalue weighted by atomic mass is 19.1. The SMILES string of the molecule is CC[C@@H]1CN(c2cccc(F)c2C#N)CCN1C[C@@H](C)O. The molecule has 0 radical (unpaired) electrons. The number of piperazine rings is 1. The summed E-state index contributed by atoms with van der Waals surface area (Å²) in [6.07, 6.45) is 0.606. The number of aliphatic hydroxyl groups is 1. The van der Waals surface area contributed by atoms with Crippen LogP contribution in [0.2, 0.25) is 0 Å². The molecule has 2 atom stereocenters. The zero-order valence-corrected chi connectivity index (χ0v) is 12.6. The third kappa shape index (κ3) is 3.52. The molecule has 1 aromatic rings. The van der Waals surface area contributed by atoms with Gasteiger partial charge in [0.1, 0.15) is 17.4 Å². The van der Waals surface area contributed by atoms with Gasteiger partial charge < -0.3 is 10.0 Å². The van der Waals surface area contributed by atoms with Gasteiger partial charge in [-0.3, -0.25) is 4.90 Å². The quantitative estimate of drug-likeness (QED) is 0.921. The van der Waals surface area contributed by atoms with Crippen molar-refractivity contribution in [3.05, 3.63) is 29.6 Å². The average Bonchev–Trinajstić information content (AvgIpc) is 2.47. The normalized spacial score (nSPS) is 21.1. The van der Waals surface area contributed by atoms with E-state index in [2.05, 4.69) is 16.7 Å². The molecule has 1 fully saturated rings. The smallest absolute Gasteiger partial charge is 0.143 e. The van der Waals surface area contributed by atoms with Gasteiger partial charge in [-0.15, -0.1) is 0 Å². The summed E-state index contributed by atoms with van der Waals surface area (Å²) in [6, 6.07) is 7.05. The van der Waals surface area contributed by atoms with Crippen LogP contribution >= 0.6 is 0 Å². The standard InChI is InChI=1S/C16H22FN3O/c1-3-13-11-20(8-7-19(13)10-12(2)21)16-6-4-5-15(17)14(16)9-18/h4-6,12-13,21H,3,7-8,10-11H2,1-2H3/t12-,13-/m1/s1. The Bertz CT molecular complexity index is 527. The molecular formula is C16H22FN3O. The first-order valence-corrected chi connectivity index (χ1v) is 7.42. The lowest BCUT2D eigenvalue weighted by Crippen LogP contribution is -2.54. The lowest BCUT2D eigenvalue weighted by molar-refractivity contribution is 0.0885.